The van der Waals surface area contributed by atoms with Crippen molar-refractivity contribution in [1.82, 2.24) is 0 Å². The Bertz CT molecular complexity index is 364. The highest BCUT2D eigenvalue weighted by Gasteiger charge is 2.47. The first-order valence-electron chi connectivity index (χ1n) is 4.92. The Morgan fingerprint density at radius 1 is 1.50 bits per heavy atom. The quantitative estimate of drug-likeness (QED) is 0.707. The molecule has 0 amide bonds. The number of carbonyl (C=O) groups is 1. The summed E-state index contributed by atoms with van der Waals surface area (Å²) in [5.41, 5.74) is 0. The van der Waals surface area contributed by atoms with Crippen molar-refractivity contribution in [2.75, 3.05) is 18.6 Å². The first-order chi connectivity index (χ1) is 7.27. The topological polar surface area (TPSA) is 60.4 Å². The van der Waals surface area contributed by atoms with Gasteiger partial charge in [0.05, 0.1) is 12.9 Å². The number of rotatable bonds is 3. The molecule has 0 spiro atoms. The van der Waals surface area contributed by atoms with Crippen LogP contribution in [0.5, 0.6) is 0 Å². The fourth-order valence-electron chi connectivity index (χ4n) is 1.77. The second-order valence-corrected chi connectivity index (χ2v) is 6.14. The molecule has 1 aliphatic rings. The van der Waals surface area contributed by atoms with Gasteiger partial charge in [-0.1, -0.05) is 0 Å². The number of hydrogen-bond acceptors (Lipinski definition) is 4. The summed E-state index contributed by atoms with van der Waals surface area (Å²) in [5, 5.41) is 0. The van der Waals surface area contributed by atoms with Crippen LogP contribution in [-0.4, -0.2) is 38.9 Å². The minimum atomic E-state index is -3.63. The highest BCUT2D eigenvalue weighted by atomic mass is 32.2. The van der Waals surface area contributed by atoms with Gasteiger partial charge < -0.3 is 4.74 Å². The molecule has 0 aliphatic carbocycles. The van der Waals surface area contributed by atoms with Crippen LogP contribution in [0.1, 0.15) is 19.3 Å². The molecule has 94 valence electrons. The zero-order chi connectivity index (χ0) is 12.4. The van der Waals surface area contributed by atoms with E-state index >= 15 is 0 Å². The molecule has 0 bridgehead atoms. The average Bonchev–Trinajstić information content (AvgIpc) is 2.13. The fourth-order valence-corrected chi connectivity index (χ4v) is 3.38. The van der Waals surface area contributed by atoms with Crippen LogP contribution in [0.4, 0.5) is 8.78 Å². The summed E-state index contributed by atoms with van der Waals surface area (Å²) in [5.74, 6) is -6.16. The van der Waals surface area contributed by atoms with Crippen molar-refractivity contribution in [3.63, 3.8) is 0 Å². The molecule has 4 nitrogen and oxygen atoms in total. The summed E-state index contributed by atoms with van der Waals surface area (Å²) in [7, 11) is -2.45. The largest absolute Gasteiger partial charge is 0.469 e. The Hall–Kier alpha value is -0.720. The maximum Gasteiger partial charge on any atom is 0.305 e. The number of hydrogen-bond donors (Lipinski definition) is 0. The molecule has 0 saturated carbocycles. The van der Waals surface area contributed by atoms with E-state index in [1.165, 1.54) is 7.11 Å². The van der Waals surface area contributed by atoms with Crippen LogP contribution in [0.2, 0.25) is 0 Å². The van der Waals surface area contributed by atoms with Crippen molar-refractivity contribution in [1.29, 1.82) is 0 Å². The zero-order valence-electron chi connectivity index (χ0n) is 8.91. The van der Waals surface area contributed by atoms with Gasteiger partial charge in [0.15, 0.2) is 9.84 Å². The molecule has 16 heavy (non-hydrogen) atoms. The fraction of sp³-hybridized carbons (Fsp3) is 0.889. The number of carbonyl (C=O) groups excluding carboxylic acids is 1. The predicted octanol–water partition coefficient (Wildman–Crippen LogP) is 1.01. The first kappa shape index (κ1) is 13.3. The summed E-state index contributed by atoms with van der Waals surface area (Å²) in [6, 6.07) is 0. The maximum atomic E-state index is 13.4. The molecule has 1 unspecified atom stereocenters. The van der Waals surface area contributed by atoms with Gasteiger partial charge in [-0.2, -0.15) is 0 Å². The van der Waals surface area contributed by atoms with E-state index < -0.39 is 33.4 Å². The normalized spacial score (nSPS) is 27.3. The standard InChI is InChI=1S/C9H14F2O4S/c1-15-8(12)3-2-7-4-5-16(13,14)6-9(7,10)11/h7H,2-6H2,1H3. The summed E-state index contributed by atoms with van der Waals surface area (Å²) in [4.78, 5) is 10.8. The third-order valence-corrected chi connectivity index (χ3v) is 4.39. The summed E-state index contributed by atoms with van der Waals surface area (Å²) >= 11 is 0. The van der Waals surface area contributed by atoms with Crippen molar-refractivity contribution in [2.45, 2.75) is 25.2 Å². The van der Waals surface area contributed by atoms with Gasteiger partial charge in [-0.05, 0) is 12.8 Å². The molecule has 1 heterocycles. The molecule has 0 N–H and O–H groups in total. The van der Waals surface area contributed by atoms with Crippen molar-refractivity contribution in [3.8, 4) is 0 Å². The Balaban J connectivity index is 2.59. The highest BCUT2D eigenvalue weighted by molar-refractivity contribution is 7.91. The van der Waals surface area contributed by atoms with Crippen molar-refractivity contribution >= 4 is 15.8 Å². The van der Waals surface area contributed by atoms with Crippen LogP contribution in [-0.2, 0) is 19.4 Å². The number of ether oxygens (including phenoxy) is 1. The SMILES string of the molecule is COC(=O)CCC1CCS(=O)(=O)CC1(F)F. The van der Waals surface area contributed by atoms with Crippen LogP contribution in [0.15, 0.2) is 0 Å². The van der Waals surface area contributed by atoms with Crippen LogP contribution in [0, 0.1) is 5.92 Å². The van der Waals surface area contributed by atoms with Crippen LogP contribution < -0.4 is 0 Å². The molecule has 0 aromatic carbocycles. The monoisotopic (exact) mass is 256 g/mol. The molecule has 0 aromatic rings. The molecule has 1 fully saturated rings. The Labute approximate surface area is 92.9 Å². The number of halogens is 2. The minimum Gasteiger partial charge on any atom is -0.469 e. The van der Waals surface area contributed by atoms with E-state index in [4.69, 9.17) is 0 Å². The van der Waals surface area contributed by atoms with Crippen LogP contribution >= 0.6 is 0 Å². The lowest BCUT2D eigenvalue weighted by molar-refractivity contribution is -0.141. The van der Waals surface area contributed by atoms with Gasteiger partial charge in [0, 0.05) is 12.3 Å². The highest BCUT2D eigenvalue weighted by Crippen LogP contribution is 2.36. The first-order valence-corrected chi connectivity index (χ1v) is 6.74. The van der Waals surface area contributed by atoms with E-state index in [1.807, 2.05) is 0 Å². The van der Waals surface area contributed by atoms with E-state index in [0.717, 1.165) is 0 Å². The average molecular weight is 256 g/mol. The Morgan fingerprint density at radius 2 is 2.12 bits per heavy atom. The minimum absolute atomic E-state index is 0.0325. The van der Waals surface area contributed by atoms with E-state index in [1.54, 1.807) is 0 Å². The van der Waals surface area contributed by atoms with E-state index in [-0.39, 0.29) is 25.0 Å². The van der Waals surface area contributed by atoms with Crippen molar-refractivity contribution in [3.05, 3.63) is 0 Å². The van der Waals surface area contributed by atoms with Gasteiger partial charge in [0.2, 0.25) is 0 Å². The molecule has 1 atom stereocenters. The Morgan fingerprint density at radius 3 is 2.62 bits per heavy atom. The van der Waals surface area contributed by atoms with Gasteiger partial charge in [-0.25, -0.2) is 17.2 Å². The molecule has 7 heteroatoms. The third-order valence-electron chi connectivity index (χ3n) is 2.71. The van der Waals surface area contributed by atoms with Crippen molar-refractivity contribution in [2.24, 2.45) is 5.92 Å². The van der Waals surface area contributed by atoms with E-state index in [2.05, 4.69) is 4.74 Å². The van der Waals surface area contributed by atoms with Gasteiger partial charge in [0.25, 0.3) is 5.92 Å². The number of esters is 1. The maximum absolute atomic E-state index is 13.4. The van der Waals surface area contributed by atoms with Gasteiger partial charge in [-0.3, -0.25) is 4.79 Å². The lowest BCUT2D eigenvalue weighted by atomic mass is 9.93. The van der Waals surface area contributed by atoms with Crippen LogP contribution in [0.3, 0.4) is 0 Å². The van der Waals surface area contributed by atoms with Crippen molar-refractivity contribution < 1.29 is 26.7 Å². The van der Waals surface area contributed by atoms with Gasteiger partial charge in [0.1, 0.15) is 5.75 Å². The summed E-state index contributed by atoms with van der Waals surface area (Å²) < 4.78 is 53.2. The predicted molar refractivity (Wildman–Crippen MR) is 53.0 cm³/mol. The molecule has 0 aromatic heterocycles. The summed E-state index contributed by atoms with van der Waals surface area (Å²) in [6.45, 7) is 0. The van der Waals surface area contributed by atoms with E-state index in [0.29, 0.717) is 0 Å². The number of alkyl halides is 2. The second-order valence-electron chi connectivity index (χ2n) is 3.95. The Kier molecular flexibility index (Phi) is 3.88. The smallest absolute Gasteiger partial charge is 0.305 e. The van der Waals surface area contributed by atoms with Gasteiger partial charge in [-0.15, -0.1) is 0 Å². The molecule has 1 saturated heterocycles. The lowest BCUT2D eigenvalue weighted by Crippen LogP contribution is -2.42. The molecule has 1 aliphatic heterocycles. The van der Waals surface area contributed by atoms with Crippen LogP contribution in [0.25, 0.3) is 0 Å². The lowest BCUT2D eigenvalue weighted by Gasteiger charge is -2.30. The molecular formula is C9H14F2O4S. The molecule has 0 radical (unpaired) electrons. The summed E-state index contributed by atoms with van der Waals surface area (Å²) in [6.07, 6.45) is -0.224. The third kappa shape index (κ3) is 3.40. The number of sulfone groups is 1. The molecular weight excluding hydrogens is 242 g/mol. The number of methoxy groups -OCH3 is 1. The zero-order valence-corrected chi connectivity index (χ0v) is 9.73. The molecule has 1 rings (SSSR count). The van der Waals surface area contributed by atoms with Gasteiger partial charge >= 0.3 is 5.97 Å². The van der Waals surface area contributed by atoms with E-state index in [9.17, 15) is 22.0 Å². The second kappa shape index (κ2) is 4.65.